The van der Waals surface area contributed by atoms with E-state index in [2.05, 4.69) is 24.4 Å². The summed E-state index contributed by atoms with van der Waals surface area (Å²) in [5, 5.41) is 3.49. The molecule has 2 nitrogen and oxygen atoms in total. The molecular formula is C12H23NO. The van der Waals surface area contributed by atoms with Crippen molar-refractivity contribution in [3.8, 4) is 0 Å². The van der Waals surface area contributed by atoms with Gasteiger partial charge in [0, 0.05) is 19.2 Å². The number of ether oxygens (including phenoxy) is 1. The molecular weight excluding hydrogens is 174 g/mol. The van der Waals surface area contributed by atoms with Crippen LogP contribution < -0.4 is 5.32 Å². The molecule has 0 bridgehead atoms. The highest BCUT2D eigenvalue weighted by Gasteiger charge is 2.05. The third kappa shape index (κ3) is 5.40. The lowest BCUT2D eigenvalue weighted by Gasteiger charge is -2.17. The van der Waals surface area contributed by atoms with Gasteiger partial charge in [-0.05, 0) is 25.7 Å². The zero-order chi connectivity index (χ0) is 10.1. The lowest BCUT2D eigenvalue weighted by Crippen LogP contribution is -2.31. The molecule has 0 saturated heterocycles. The van der Waals surface area contributed by atoms with E-state index in [9.17, 15) is 0 Å². The van der Waals surface area contributed by atoms with Crippen molar-refractivity contribution in [2.45, 2.75) is 45.1 Å². The molecule has 1 N–H and O–H groups in total. The number of nitrogens with one attached hydrogen (secondary N) is 1. The van der Waals surface area contributed by atoms with Gasteiger partial charge in [-0.3, -0.25) is 0 Å². The van der Waals surface area contributed by atoms with Crippen LogP contribution in [0.1, 0.15) is 39.0 Å². The Morgan fingerprint density at radius 3 is 3.07 bits per heavy atom. The van der Waals surface area contributed by atoms with Crippen molar-refractivity contribution in [3.63, 3.8) is 0 Å². The first-order valence-electron chi connectivity index (χ1n) is 5.91. The molecule has 0 saturated carbocycles. The molecule has 1 atom stereocenters. The summed E-state index contributed by atoms with van der Waals surface area (Å²) in [5.41, 5.74) is 0. The Bertz CT molecular complexity index is 156. The quantitative estimate of drug-likeness (QED) is 0.500. The van der Waals surface area contributed by atoms with Gasteiger partial charge in [-0.2, -0.15) is 0 Å². The molecule has 1 aliphatic rings. The first kappa shape index (κ1) is 11.7. The lowest BCUT2D eigenvalue weighted by atomic mass is 10.0. The van der Waals surface area contributed by atoms with Gasteiger partial charge < -0.3 is 10.1 Å². The molecule has 0 heterocycles. The predicted octanol–water partition coefficient (Wildman–Crippen LogP) is 2.50. The molecule has 0 aromatic carbocycles. The van der Waals surface area contributed by atoms with Crippen LogP contribution in [0.15, 0.2) is 12.2 Å². The number of hydrogen-bond acceptors (Lipinski definition) is 2. The fourth-order valence-corrected chi connectivity index (χ4v) is 1.65. The van der Waals surface area contributed by atoms with Gasteiger partial charge in [-0.25, -0.2) is 0 Å². The third-order valence-electron chi connectivity index (χ3n) is 2.55. The van der Waals surface area contributed by atoms with E-state index in [1.54, 1.807) is 0 Å². The summed E-state index contributed by atoms with van der Waals surface area (Å²) < 4.78 is 5.48. The number of allylic oxidation sites excluding steroid dienone is 1. The Balaban J connectivity index is 1.88. The standard InChI is InChI=1S/C12H23NO/c1-2-3-10-14-11-9-13-12-7-5-4-6-8-12/h5,7,12-13H,2-4,6,8-11H2,1H3. The van der Waals surface area contributed by atoms with Crippen LogP contribution in [-0.4, -0.2) is 25.8 Å². The highest BCUT2D eigenvalue weighted by molar-refractivity contribution is 4.97. The second kappa shape index (κ2) is 8.01. The highest BCUT2D eigenvalue weighted by Crippen LogP contribution is 2.09. The van der Waals surface area contributed by atoms with E-state index in [1.807, 2.05) is 0 Å². The Morgan fingerprint density at radius 2 is 2.36 bits per heavy atom. The molecule has 1 unspecified atom stereocenters. The molecule has 0 aromatic rings. The van der Waals surface area contributed by atoms with Gasteiger partial charge in [0.25, 0.3) is 0 Å². The summed E-state index contributed by atoms with van der Waals surface area (Å²) >= 11 is 0. The zero-order valence-corrected chi connectivity index (χ0v) is 9.30. The maximum Gasteiger partial charge on any atom is 0.0591 e. The lowest BCUT2D eigenvalue weighted by molar-refractivity contribution is 0.131. The number of rotatable bonds is 7. The van der Waals surface area contributed by atoms with E-state index in [0.717, 1.165) is 19.8 Å². The summed E-state index contributed by atoms with van der Waals surface area (Å²) in [6.07, 6.45) is 10.8. The first-order chi connectivity index (χ1) is 6.93. The van der Waals surface area contributed by atoms with E-state index < -0.39 is 0 Å². The molecule has 0 fully saturated rings. The summed E-state index contributed by atoms with van der Waals surface area (Å²) in [6, 6.07) is 0.596. The van der Waals surface area contributed by atoms with Crippen LogP contribution in [-0.2, 0) is 4.74 Å². The maximum atomic E-state index is 5.48. The second-order valence-electron chi connectivity index (χ2n) is 3.89. The van der Waals surface area contributed by atoms with Crippen LogP contribution in [0.5, 0.6) is 0 Å². The largest absolute Gasteiger partial charge is 0.380 e. The topological polar surface area (TPSA) is 21.3 Å². The number of unbranched alkanes of at least 4 members (excludes halogenated alkanes) is 1. The van der Waals surface area contributed by atoms with Gasteiger partial charge in [0.15, 0.2) is 0 Å². The Kier molecular flexibility index (Phi) is 6.71. The van der Waals surface area contributed by atoms with Gasteiger partial charge >= 0.3 is 0 Å². The van der Waals surface area contributed by atoms with E-state index in [1.165, 1.54) is 32.1 Å². The predicted molar refractivity (Wildman–Crippen MR) is 60.5 cm³/mol. The first-order valence-corrected chi connectivity index (χ1v) is 5.91. The van der Waals surface area contributed by atoms with Crippen molar-refractivity contribution in [1.82, 2.24) is 5.32 Å². The fraction of sp³-hybridized carbons (Fsp3) is 0.833. The molecule has 82 valence electrons. The van der Waals surface area contributed by atoms with Crippen LogP contribution in [0.2, 0.25) is 0 Å². The van der Waals surface area contributed by atoms with Crippen molar-refractivity contribution < 1.29 is 4.74 Å². The van der Waals surface area contributed by atoms with Crippen LogP contribution in [0.4, 0.5) is 0 Å². The van der Waals surface area contributed by atoms with Crippen molar-refractivity contribution in [1.29, 1.82) is 0 Å². The van der Waals surface area contributed by atoms with Gasteiger partial charge in [0.1, 0.15) is 0 Å². The minimum atomic E-state index is 0.596. The smallest absolute Gasteiger partial charge is 0.0591 e. The molecule has 0 aromatic heterocycles. The highest BCUT2D eigenvalue weighted by atomic mass is 16.5. The molecule has 0 amide bonds. The van der Waals surface area contributed by atoms with Crippen LogP contribution >= 0.6 is 0 Å². The van der Waals surface area contributed by atoms with Gasteiger partial charge in [0.05, 0.1) is 6.61 Å². The average molecular weight is 197 g/mol. The second-order valence-corrected chi connectivity index (χ2v) is 3.89. The van der Waals surface area contributed by atoms with E-state index in [4.69, 9.17) is 4.74 Å². The monoisotopic (exact) mass is 197 g/mol. The van der Waals surface area contributed by atoms with Crippen molar-refractivity contribution in [2.24, 2.45) is 0 Å². The minimum absolute atomic E-state index is 0.596. The van der Waals surface area contributed by atoms with E-state index in [-0.39, 0.29) is 0 Å². The van der Waals surface area contributed by atoms with Gasteiger partial charge in [0.2, 0.25) is 0 Å². The van der Waals surface area contributed by atoms with E-state index >= 15 is 0 Å². The van der Waals surface area contributed by atoms with Crippen LogP contribution in [0, 0.1) is 0 Å². The minimum Gasteiger partial charge on any atom is -0.380 e. The normalized spacial score (nSPS) is 21.4. The van der Waals surface area contributed by atoms with Crippen LogP contribution in [0.25, 0.3) is 0 Å². The average Bonchev–Trinajstić information content (AvgIpc) is 2.25. The Morgan fingerprint density at radius 1 is 1.43 bits per heavy atom. The maximum absolute atomic E-state index is 5.48. The summed E-state index contributed by atoms with van der Waals surface area (Å²) in [7, 11) is 0. The van der Waals surface area contributed by atoms with Gasteiger partial charge in [-0.1, -0.05) is 25.5 Å². The molecule has 2 heteroatoms. The van der Waals surface area contributed by atoms with Crippen molar-refractivity contribution in [2.75, 3.05) is 19.8 Å². The molecule has 1 rings (SSSR count). The molecule has 0 spiro atoms. The van der Waals surface area contributed by atoms with Crippen LogP contribution in [0.3, 0.4) is 0 Å². The summed E-state index contributed by atoms with van der Waals surface area (Å²) in [4.78, 5) is 0. The SMILES string of the molecule is CCCCOCCNC1C=CCCC1. The number of hydrogen-bond donors (Lipinski definition) is 1. The van der Waals surface area contributed by atoms with Crippen molar-refractivity contribution >= 4 is 0 Å². The summed E-state index contributed by atoms with van der Waals surface area (Å²) in [5.74, 6) is 0. The van der Waals surface area contributed by atoms with Gasteiger partial charge in [-0.15, -0.1) is 0 Å². The Hall–Kier alpha value is -0.340. The zero-order valence-electron chi connectivity index (χ0n) is 9.30. The fourth-order valence-electron chi connectivity index (χ4n) is 1.65. The van der Waals surface area contributed by atoms with Crippen molar-refractivity contribution in [3.05, 3.63) is 12.2 Å². The Labute approximate surface area is 87.7 Å². The molecule has 1 aliphatic carbocycles. The molecule has 14 heavy (non-hydrogen) atoms. The third-order valence-corrected chi connectivity index (χ3v) is 2.55. The summed E-state index contributed by atoms with van der Waals surface area (Å²) in [6.45, 7) is 4.94. The molecule has 0 aliphatic heterocycles. The van der Waals surface area contributed by atoms with E-state index in [0.29, 0.717) is 6.04 Å². The molecule has 0 radical (unpaired) electrons.